The van der Waals surface area contributed by atoms with Gasteiger partial charge in [0, 0.05) is 25.7 Å². The van der Waals surface area contributed by atoms with E-state index < -0.39 is 6.10 Å². The Kier molecular flexibility index (Phi) is 4.97. The standard InChI is InChI=1S/C16H26N2O/c1-12-3-4-13(2)18(10-12)11-16(19)15-7-5-14(9-17)6-8-15/h5-8,12-13,16,19H,3-4,9-11,17H2,1-2H3. The van der Waals surface area contributed by atoms with E-state index in [1.807, 2.05) is 24.3 Å². The zero-order valence-corrected chi connectivity index (χ0v) is 12.0. The molecular weight excluding hydrogens is 236 g/mol. The van der Waals surface area contributed by atoms with E-state index in [2.05, 4.69) is 18.7 Å². The summed E-state index contributed by atoms with van der Waals surface area (Å²) in [6.07, 6.45) is 2.14. The number of β-amino-alcohol motifs (C(OH)–C–C–N with tert-alkyl or cyclic N) is 1. The lowest BCUT2D eigenvalue weighted by Crippen LogP contribution is -2.43. The second-order valence-electron chi connectivity index (χ2n) is 5.95. The van der Waals surface area contributed by atoms with Crippen molar-refractivity contribution in [2.75, 3.05) is 13.1 Å². The first kappa shape index (κ1) is 14.5. The summed E-state index contributed by atoms with van der Waals surface area (Å²) in [6.45, 7) is 6.93. The summed E-state index contributed by atoms with van der Waals surface area (Å²) in [6, 6.07) is 8.56. The quantitative estimate of drug-likeness (QED) is 0.875. The number of aliphatic hydroxyl groups excluding tert-OH is 1. The molecule has 1 aromatic carbocycles. The molecule has 1 aliphatic rings. The molecule has 1 heterocycles. The van der Waals surface area contributed by atoms with Crippen molar-refractivity contribution >= 4 is 0 Å². The molecule has 1 saturated heterocycles. The molecule has 19 heavy (non-hydrogen) atoms. The van der Waals surface area contributed by atoms with Crippen LogP contribution >= 0.6 is 0 Å². The zero-order chi connectivity index (χ0) is 13.8. The van der Waals surface area contributed by atoms with Crippen LogP contribution in [0.15, 0.2) is 24.3 Å². The molecule has 106 valence electrons. The number of aliphatic hydroxyl groups is 1. The van der Waals surface area contributed by atoms with Gasteiger partial charge in [-0.05, 0) is 36.8 Å². The molecule has 1 aromatic rings. The molecule has 0 aliphatic carbocycles. The van der Waals surface area contributed by atoms with Crippen molar-refractivity contribution in [1.29, 1.82) is 0 Å². The lowest BCUT2D eigenvalue weighted by molar-refractivity contribution is 0.0568. The zero-order valence-electron chi connectivity index (χ0n) is 12.0. The van der Waals surface area contributed by atoms with Crippen molar-refractivity contribution in [3.05, 3.63) is 35.4 Å². The van der Waals surface area contributed by atoms with E-state index in [1.54, 1.807) is 0 Å². The summed E-state index contributed by atoms with van der Waals surface area (Å²) in [7, 11) is 0. The Morgan fingerprint density at radius 1 is 1.26 bits per heavy atom. The van der Waals surface area contributed by atoms with Crippen LogP contribution in [-0.2, 0) is 6.54 Å². The molecular formula is C16H26N2O. The Hall–Kier alpha value is -0.900. The molecule has 0 saturated carbocycles. The largest absolute Gasteiger partial charge is 0.387 e. The molecule has 0 aromatic heterocycles. The van der Waals surface area contributed by atoms with Gasteiger partial charge in [0.1, 0.15) is 0 Å². The Labute approximate surface area is 116 Å². The van der Waals surface area contributed by atoms with E-state index in [4.69, 9.17) is 5.73 Å². The normalized spacial score (nSPS) is 26.3. The van der Waals surface area contributed by atoms with Gasteiger partial charge in [-0.15, -0.1) is 0 Å². The number of nitrogens with zero attached hydrogens (tertiary/aromatic N) is 1. The summed E-state index contributed by atoms with van der Waals surface area (Å²) in [5.74, 6) is 0.739. The molecule has 3 unspecified atom stereocenters. The second kappa shape index (κ2) is 6.51. The van der Waals surface area contributed by atoms with Crippen molar-refractivity contribution in [2.24, 2.45) is 11.7 Å². The number of benzene rings is 1. The maximum absolute atomic E-state index is 10.4. The van der Waals surface area contributed by atoms with Gasteiger partial charge in [0.15, 0.2) is 0 Å². The monoisotopic (exact) mass is 262 g/mol. The highest BCUT2D eigenvalue weighted by molar-refractivity contribution is 5.24. The van der Waals surface area contributed by atoms with E-state index in [9.17, 15) is 5.11 Å². The summed E-state index contributed by atoms with van der Waals surface area (Å²) in [5.41, 5.74) is 7.68. The number of rotatable bonds is 4. The highest BCUT2D eigenvalue weighted by Crippen LogP contribution is 2.24. The third-order valence-electron chi connectivity index (χ3n) is 4.25. The highest BCUT2D eigenvalue weighted by Gasteiger charge is 2.24. The van der Waals surface area contributed by atoms with Crippen LogP contribution in [0.25, 0.3) is 0 Å². The lowest BCUT2D eigenvalue weighted by atomic mass is 9.94. The van der Waals surface area contributed by atoms with Gasteiger partial charge < -0.3 is 10.8 Å². The smallest absolute Gasteiger partial charge is 0.0917 e. The summed E-state index contributed by atoms with van der Waals surface area (Å²) >= 11 is 0. The number of nitrogens with two attached hydrogens (primary N) is 1. The summed E-state index contributed by atoms with van der Waals surface area (Å²) < 4.78 is 0. The maximum Gasteiger partial charge on any atom is 0.0917 e. The molecule has 3 atom stereocenters. The number of likely N-dealkylation sites (tertiary alicyclic amines) is 1. The molecule has 0 spiro atoms. The van der Waals surface area contributed by atoms with Crippen LogP contribution in [0.4, 0.5) is 0 Å². The van der Waals surface area contributed by atoms with E-state index in [-0.39, 0.29) is 0 Å². The highest BCUT2D eigenvalue weighted by atomic mass is 16.3. The van der Waals surface area contributed by atoms with Gasteiger partial charge >= 0.3 is 0 Å². The van der Waals surface area contributed by atoms with Crippen LogP contribution in [-0.4, -0.2) is 29.1 Å². The first-order chi connectivity index (χ1) is 9.10. The molecule has 1 aliphatic heterocycles. The Bertz CT molecular complexity index is 390. The van der Waals surface area contributed by atoms with Gasteiger partial charge in [0.25, 0.3) is 0 Å². The molecule has 3 N–H and O–H groups in total. The van der Waals surface area contributed by atoms with Gasteiger partial charge in [-0.1, -0.05) is 31.2 Å². The molecule has 3 nitrogen and oxygen atoms in total. The third kappa shape index (κ3) is 3.78. The third-order valence-corrected chi connectivity index (χ3v) is 4.25. The van der Waals surface area contributed by atoms with Gasteiger partial charge in [-0.3, -0.25) is 4.90 Å². The van der Waals surface area contributed by atoms with Crippen molar-refractivity contribution in [3.63, 3.8) is 0 Å². The van der Waals surface area contributed by atoms with Crippen molar-refractivity contribution in [3.8, 4) is 0 Å². The maximum atomic E-state index is 10.4. The minimum Gasteiger partial charge on any atom is -0.387 e. The van der Waals surface area contributed by atoms with Crippen LogP contribution in [0, 0.1) is 5.92 Å². The first-order valence-corrected chi connectivity index (χ1v) is 7.31. The number of hydrogen-bond donors (Lipinski definition) is 2. The van der Waals surface area contributed by atoms with Gasteiger partial charge in [-0.2, -0.15) is 0 Å². The Morgan fingerprint density at radius 3 is 2.58 bits per heavy atom. The lowest BCUT2D eigenvalue weighted by Gasteiger charge is -2.37. The van der Waals surface area contributed by atoms with Crippen molar-refractivity contribution in [1.82, 2.24) is 4.90 Å². The van der Waals surface area contributed by atoms with Crippen molar-refractivity contribution in [2.45, 2.75) is 45.4 Å². The van der Waals surface area contributed by atoms with Gasteiger partial charge in [-0.25, -0.2) is 0 Å². The number of piperidine rings is 1. The fraction of sp³-hybridized carbons (Fsp3) is 0.625. The van der Waals surface area contributed by atoms with Crippen LogP contribution in [0.3, 0.4) is 0 Å². The van der Waals surface area contributed by atoms with Crippen molar-refractivity contribution < 1.29 is 5.11 Å². The van der Waals surface area contributed by atoms with Crippen LogP contribution in [0.2, 0.25) is 0 Å². The minimum atomic E-state index is -0.403. The fourth-order valence-corrected chi connectivity index (χ4v) is 2.84. The predicted molar refractivity (Wildman–Crippen MR) is 78.7 cm³/mol. The Morgan fingerprint density at radius 2 is 1.95 bits per heavy atom. The first-order valence-electron chi connectivity index (χ1n) is 7.31. The van der Waals surface area contributed by atoms with Gasteiger partial charge in [0.05, 0.1) is 6.10 Å². The van der Waals surface area contributed by atoms with Crippen LogP contribution in [0.1, 0.15) is 43.9 Å². The van der Waals surface area contributed by atoms with E-state index in [0.29, 0.717) is 12.6 Å². The second-order valence-corrected chi connectivity index (χ2v) is 5.95. The number of hydrogen-bond acceptors (Lipinski definition) is 3. The molecule has 3 heteroatoms. The molecule has 2 rings (SSSR count). The molecule has 1 fully saturated rings. The summed E-state index contributed by atoms with van der Waals surface area (Å²) in [5, 5.41) is 10.4. The van der Waals surface area contributed by atoms with E-state index in [0.717, 1.165) is 30.1 Å². The molecule has 0 bridgehead atoms. The van der Waals surface area contributed by atoms with Crippen LogP contribution in [0.5, 0.6) is 0 Å². The van der Waals surface area contributed by atoms with Crippen LogP contribution < -0.4 is 5.73 Å². The predicted octanol–water partition coefficient (Wildman–Crippen LogP) is 2.30. The average Bonchev–Trinajstić information content (AvgIpc) is 2.43. The summed E-state index contributed by atoms with van der Waals surface area (Å²) in [4.78, 5) is 2.41. The minimum absolute atomic E-state index is 0.403. The Balaban J connectivity index is 1.97. The molecule has 0 radical (unpaired) electrons. The molecule has 0 amide bonds. The van der Waals surface area contributed by atoms with Gasteiger partial charge in [0.2, 0.25) is 0 Å². The van der Waals surface area contributed by atoms with E-state index in [1.165, 1.54) is 12.8 Å². The van der Waals surface area contributed by atoms with E-state index >= 15 is 0 Å². The fourth-order valence-electron chi connectivity index (χ4n) is 2.84. The SMILES string of the molecule is CC1CCC(C)N(CC(O)c2ccc(CN)cc2)C1. The average molecular weight is 262 g/mol. The topological polar surface area (TPSA) is 49.5 Å².